The van der Waals surface area contributed by atoms with Gasteiger partial charge in [0.15, 0.2) is 5.96 Å². The van der Waals surface area contributed by atoms with Gasteiger partial charge in [0.25, 0.3) is 0 Å². The SMILES string of the molecule is CN=C(NCCCOCC1CC1)NCCN(C(=O)OC(C)(C)C)C1CC1. The van der Waals surface area contributed by atoms with Crippen LogP contribution in [0.4, 0.5) is 4.79 Å². The predicted molar refractivity (Wildman–Crippen MR) is 103 cm³/mol. The van der Waals surface area contributed by atoms with Gasteiger partial charge < -0.3 is 25.0 Å². The molecular weight excluding hydrogens is 332 g/mol. The Kier molecular flexibility index (Phi) is 8.00. The van der Waals surface area contributed by atoms with Gasteiger partial charge in [0.2, 0.25) is 0 Å². The van der Waals surface area contributed by atoms with Crippen LogP contribution < -0.4 is 10.6 Å². The highest BCUT2D eigenvalue weighted by atomic mass is 16.6. The van der Waals surface area contributed by atoms with Crippen LogP contribution in [0, 0.1) is 5.92 Å². The Labute approximate surface area is 157 Å². The van der Waals surface area contributed by atoms with Crippen LogP contribution in [-0.2, 0) is 9.47 Å². The fourth-order valence-electron chi connectivity index (χ4n) is 2.56. The van der Waals surface area contributed by atoms with Gasteiger partial charge >= 0.3 is 6.09 Å². The normalized spacial score (nSPS) is 17.8. The summed E-state index contributed by atoms with van der Waals surface area (Å²) in [6, 6.07) is 0.324. The maximum absolute atomic E-state index is 12.3. The smallest absolute Gasteiger partial charge is 0.410 e. The van der Waals surface area contributed by atoms with Crippen molar-refractivity contribution in [1.82, 2.24) is 15.5 Å². The fraction of sp³-hybridized carbons (Fsp3) is 0.895. The highest BCUT2D eigenvalue weighted by molar-refractivity contribution is 5.79. The summed E-state index contributed by atoms with van der Waals surface area (Å²) in [5.74, 6) is 1.57. The van der Waals surface area contributed by atoms with Crippen molar-refractivity contribution in [2.75, 3.05) is 39.9 Å². The lowest BCUT2D eigenvalue weighted by Crippen LogP contribution is -2.45. The van der Waals surface area contributed by atoms with Crippen molar-refractivity contribution < 1.29 is 14.3 Å². The lowest BCUT2D eigenvalue weighted by Gasteiger charge is -2.27. The van der Waals surface area contributed by atoms with Gasteiger partial charge in [-0.2, -0.15) is 0 Å². The predicted octanol–water partition coefficient (Wildman–Crippen LogP) is 2.37. The van der Waals surface area contributed by atoms with E-state index in [4.69, 9.17) is 9.47 Å². The number of carbonyl (C=O) groups is 1. The van der Waals surface area contributed by atoms with E-state index in [1.807, 2.05) is 25.7 Å². The number of nitrogens with one attached hydrogen (secondary N) is 2. The zero-order chi connectivity index (χ0) is 19.0. The van der Waals surface area contributed by atoms with Crippen LogP contribution in [0.5, 0.6) is 0 Å². The van der Waals surface area contributed by atoms with Gasteiger partial charge in [-0.3, -0.25) is 4.99 Å². The Balaban J connectivity index is 1.59. The summed E-state index contributed by atoms with van der Waals surface area (Å²) in [7, 11) is 1.76. The number of hydrogen-bond acceptors (Lipinski definition) is 4. The summed E-state index contributed by atoms with van der Waals surface area (Å²) < 4.78 is 11.1. The average Bonchev–Trinajstić information content (AvgIpc) is 3.44. The first-order chi connectivity index (χ1) is 12.4. The molecule has 0 aliphatic heterocycles. The second-order valence-electron chi connectivity index (χ2n) is 8.20. The molecular formula is C19H36N4O3. The Morgan fingerprint density at radius 3 is 2.42 bits per heavy atom. The average molecular weight is 369 g/mol. The molecule has 2 saturated carbocycles. The maximum atomic E-state index is 12.3. The van der Waals surface area contributed by atoms with Crippen LogP contribution in [0.15, 0.2) is 4.99 Å². The van der Waals surface area contributed by atoms with E-state index in [0.717, 1.165) is 50.9 Å². The summed E-state index contributed by atoms with van der Waals surface area (Å²) in [5, 5.41) is 6.55. The molecule has 0 unspecified atom stereocenters. The molecule has 0 radical (unpaired) electrons. The third-order valence-corrected chi connectivity index (χ3v) is 4.29. The molecule has 0 aromatic rings. The zero-order valence-electron chi connectivity index (χ0n) is 16.8. The lowest BCUT2D eigenvalue weighted by atomic mass is 10.2. The van der Waals surface area contributed by atoms with E-state index in [2.05, 4.69) is 15.6 Å². The van der Waals surface area contributed by atoms with E-state index in [1.165, 1.54) is 12.8 Å². The minimum absolute atomic E-state index is 0.224. The van der Waals surface area contributed by atoms with Crippen LogP contribution in [0.1, 0.15) is 52.9 Å². The van der Waals surface area contributed by atoms with Crippen molar-refractivity contribution in [3.8, 4) is 0 Å². The van der Waals surface area contributed by atoms with E-state index in [9.17, 15) is 4.79 Å². The van der Waals surface area contributed by atoms with Crippen LogP contribution >= 0.6 is 0 Å². The number of rotatable bonds is 10. The molecule has 0 aromatic heterocycles. The Hall–Kier alpha value is -1.50. The molecule has 0 heterocycles. The van der Waals surface area contributed by atoms with Gasteiger partial charge in [-0.05, 0) is 58.8 Å². The molecule has 7 heteroatoms. The molecule has 2 N–H and O–H groups in total. The largest absolute Gasteiger partial charge is 0.444 e. The first-order valence-corrected chi connectivity index (χ1v) is 9.91. The molecule has 2 fully saturated rings. The van der Waals surface area contributed by atoms with Gasteiger partial charge in [-0.25, -0.2) is 4.79 Å². The highest BCUT2D eigenvalue weighted by Gasteiger charge is 2.34. The van der Waals surface area contributed by atoms with E-state index in [-0.39, 0.29) is 6.09 Å². The first-order valence-electron chi connectivity index (χ1n) is 9.91. The second-order valence-corrected chi connectivity index (χ2v) is 8.20. The van der Waals surface area contributed by atoms with E-state index in [1.54, 1.807) is 7.05 Å². The molecule has 26 heavy (non-hydrogen) atoms. The molecule has 2 aliphatic carbocycles. The number of carbonyl (C=O) groups excluding carboxylic acids is 1. The Morgan fingerprint density at radius 1 is 1.15 bits per heavy atom. The Morgan fingerprint density at radius 2 is 1.85 bits per heavy atom. The Bertz CT molecular complexity index is 468. The van der Waals surface area contributed by atoms with Crippen molar-refractivity contribution in [3.63, 3.8) is 0 Å². The van der Waals surface area contributed by atoms with Crippen LogP contribution in [0.2, 0.25) is 0 Å². The van der Waals surface area contributed by atoms with Crippen molar-refractivity contribution in [1.29, 1.82) is 0 Å². The third-order valence-electron chi connectivity index (χ3n) is 4.29. The second kappa shape index (κ2) is 10.00. The van der Waals surface area contributed by atoms with Gasteiger partial charge in [0.05, 0.1) is 0 Å². The topological polar surface area (TPSA) is 75.2 Å². The van der Waals surface area contributed by atoms with Crippen LogP contribution in [0.25, 0.3) is 0 Å². The standard InChI is InChI=1S/C19H36N4O3/c1-19(2,3)26-18(24)23(16-8-9-16)12-11-22-17(20-4)21-10-5-13-25-14-15-6-7-15/h15-16H,5-14H2,1-4H3,(H2,20,21,22). The number of ether oxygens (including phenoxy) is 2. The summed E-state index contributed by atoms with van der Waals surface area (Å²) in [4.78, 5) is 18.4. The molecule has 0 spiro atoms. The molecule has 7 nitrogen and oxygen atoms in total. The minimum atomic E-state index is -0.461. The van der Waals surface area contributed by atoms with Crippen molar-refractivity contribution >= 4 is 12.1 Å². The summed E-state index contributed by atoms with van der Waals surface area (Å²) >= 11 is 0. The number of guanidine groups is 1. The van der Waals surface area contributed by atoms with Crippen molar-refractivity contribution in [2.45, 2.75) is 64.5 Å². The van der Waals surface area contributed by atoms with Crippen LogP contribution in [0.3, 0.4) is 0 Å². The highest BCUT2D eigenvalue weighted by Crippen LogP contribution is 2.29. The van der Waals surface area contributed by atoms with Crippen molar-refractivity contribution in [3.05, 3.63) is 0 Å². The van der Waals surface area contributed by atoms with Gasteiger partial charge in [0, 0.05) is 45.9 Å². The fourth-order valence-corrected chi connectivity index (χ4v) is 2.56. The molecule has 2 rings (SSSR count). The molecule has 150 valence electrons. The molecule has 0 aromatic carbocycles. The van der Waals surface area contributed by atoms with E-state index < -0.39 is 5.60 Å². The molecule has 2 aliphatic rings. The van der Waals surface area contributed by atoms with E-state index >= 15 is 0 Å². The number of aliphatic imine (C=N–C) groups is 1. The van der Waals surface area contributed by atoms with Gasteiger partial charge in [-0.1, -0.05) is 0 Å². The van der Waals surface area contributed by atoms with E-state index in [0.29, 0.717) is 19.1 Å². The van der Waals surface area contributed by atoms with Crippen molar-refractivity contribution in [2.24, 2.45) is 10.9 Å². The minimum Gasteiger partial charge on any atom is -0.444 e. The van der Waals surface area contributed by atoms with Gasteiger partial charge in [-0.15, -0.1) is 0 Å². The van der Waals surface area contributed by atoms with Crippen LogP contribution in [-0.4, -0.2) is 68.5 Å². The molecule has 1 amide bonds. The number of hydrogen-bond donors (Lipinski definition) is 2. The lowest BCUT2D eigenvalue weighted by molar-refractivity contribution is 0.0238. The summed E-state index contributed by atoms with van der Waals surface area (Å²) in [6.45, 7) is 9.47. The summed E-state index contributed by atoms with van der Waals surface area (Å²) in [6.07, 6.45) is 5.52. The molecule has 0 atom stereocenters. The monoisotopic (exact) mass is 368 g/mol. The summed E-state index contributed by atoms with van der Waals surface area (Å²) in [5.41, 5.74) is -0.461. The molecule has 0 bridgehead atoms. The first kappa shape index (κ1) is 20.8. The number of amides is 1. The number of nitrogens with zero attached hydrogens (tertiary/aromatic N) is 2. The quantitative estimate of drug-likeness (QED) is 0.352. The molecule has 0 saturated heterocycles. The zero-order valence-corrected chi connectivity index (χ0v) is 16.8. The maximum Gasteiger partial charge on any atom is 0.410 e. The van der Waals surface area contributed by atoms with Gasteiger partial charge in [0.1, 0.15) is 5.60 Å². The third kappa shape index (κ3) is 8.74.